The second-order valence-electron chi connectivity index (χ2n) is 5.29. The summed E-state index contributed by atoms with van der Waals surface area (Å²) in [6, 6.07) is 1.58. The SMILES string of the molecule is [C-]#[N+]c1ccnc(N2CCC(C(=O)O)C3(CC3)C2)n1. The van der Waals surface area contributed by atoms with Crippen molar-refractivity contribution in [2.45, 2.75) is 19.3 Å². The third-order valence-electron chi connectivity index (χ3n) is 4.15. The summed E-state index contributed by atoms with van der Waals surface area (Å²) in [6.45, 7) is 8.30. The van der Waals surface area contributed by atoms with Crippen molar-refractivity contribution in [2.24, 2.45) is 11.3 Å². The molecular formula is C13H14N4O2. The highest BCUT2D eigenvalue weighted by atomic mass is 16.4. The van der Waals surface area contributed by atoms with Crippen molar-refractivity contribution in [1.82, 2.24) is 9.97 Å². The Morgan fingerprint density at radius 1 is 1.58 bits per heavy atom. The molecule has 1 aromatic heterocycles. The Bertz CT molecular complexity index is 562. The molecule has 2 heterocycles. The summed E-state index contributed by atoms with van der Waals surface area (Å²) in [5.41, 5.74) is -0.0957. The number of carboxylic acids is 1. The fraction of sp³-hybridized carbons (Fsp3) is 0.538. The van der Waals surface area contributed by atoms with Crippen LogP contribution in [0.5, 0.6) is 0 Å². The van der Waals surface area contributed by atoms with Gasteiger partial charge in [0.25, 0.3) is 5.82 Å². The quantitative estimate of drug-likeness (QED) is 0.818. The second-order valence-corrected chi connectivity index (χ2v) is 5.29. The average molecular weight is 258 g/mol. The van der Waals surface area contributed by atoms with E-state index in [0.717, 1.165) is 12.8 Å². The molecule has 2 aliphatic rings. The van der Waals surface area contributed by atoms with Crippen molar-refractivity contribution in [3.8, 4) is 0 Å². The van der Waals surface area contributed by atoms with Crippen molar-refractivity contribution >= 4 is 17.7 Å². The van der Waals surface area contributed by atoms with Gasteiger partial charge >= 0.3 is 11.9 Å². The highest BCUT2D eigenvalue weighted by Gasteiger charge is 2.55. The Kier molecular flexibility index (Phi) is 2.63. The molecule has 1 N–H and O–H groups in total. The molecule has 0 aromatic carbocycles. The Morgan fingerprint density at radius 2 is 2.37 bits per heavy atom. The zero-order chi connectivity index (χ0) is 13.5. The molecular weight excluding hydrogens is 244 g/mol. The van der Waals surface area contributed by atoms with Gasteiger partial charge in [-0.15, -0.1) is 0 Å². The third kappa shape index (κ3) is 2.01. The van der Waals surface area contributed by atoms with E-state index in [2.05, 4.69) is 14.8 Å². The molecule has 0 bridgehead atoms. The first-order chi connectivity index (χ1) is 9.14. The molecule has 0 amide bonds. The van der Waals surface area contributed by atoms with Gasteiger partial charge in [0.2, 0.25) is 0 Å². The van der Waals surface area contributed by atoms with E-state index >= 15 is 0 Å². The van der Waals surface area contributed by atoms with Crippen molar-refractivity contribution in [3.05, 3.63) is 23.7 Å². The maximum absolute atomic E-state index is 11.3. The molecule has 19 heavy (non-hydrogen) atoms. The first kappa shape index (κ1) is 11.9. The van der Waals surface area contributed by atoms with Gasteiger partial charge in [0.15, 0.2) is 0 Å². The van der Waals surface area contributed by atoms with E-state index in [-0.39, 0.29) is 11.3 Å². The summed E-state index contributed by atoms with van der Waals surface area (Å²) in [6.07, 6.45) is 4.13. The number of hydrogen-bond donors (Lipinski definition) is 1. The van der Waals surface area contributed by atoms with Crippen LogP contribution in [-0.4, -0.2) is 34.1 Å². The van der Waals surface area contributed by atoms with E-state index in [1.165, 1.54) is 0 Å². The smallest absolute Gasteiger partial charge is 0.322 e. The lowest BCUT2D eigenvalue weighted by molar-refractivity contribution is -0.145. The van der Waals surface area contributed by atoms with Gasteiger partial charge in [-0.25, -0.2) is 4.98 Å². The number of hydrogen-bond acceptors (Lipinski definition) is 4. The molecule has 3 rings (SSSR count). The fourth-order valence-corrected chi connectivity index (χ4v) is 2.94. The molecule has 1 spiro atoms. The van der Waals surface area contributed by atoms with Gasteiger partial charge in [0.1, 0.15) is 0 Å². The maximum atomic E-state index is 11.3. The van der Waals surface area contributed by atoms with Crippen molar-refractivity contribution in [3.63, 3.8) is 0 Å². The Morgan fingerprint density at radius 3 is 3.00 bits per heavy atom. The number of carbonyl (C=O) groups is 1. The van der Waals surface area contributed by atoms with Gasteiger partial charge in [-0.2, -0.15) is 0 Å². The molecule has 98 valence electrons. The van der Waals surface area contributed by atoms with E-state index < -0.39 is 5.97 Å². The summed E-state index contributed by atoms with van der Waals surface area (Å²) < 4.78 is 0. The predicted molar refractivity (Wildman–Crippen MR) is 67.9 cm³/mol. The first-order valence-corrected chi connectivity index (χ1v) is 6.33. The van der Waals surface area contributed by atoms with E-state index in [1.54, 1.807) is 12.3 Å². The zero-order valence-corrected chi connectivity index (χ0v) is 10.4. The highest BCUT2D eigenvalue weighted by Crippen LogP contribution is 2.56. The molecule has 1 aromatic rings. The zero-order valence-electron chi connectivity index (χ0n) is 10.4. The maximum Gasteiger partial charge on any atom is 0.322 e. The van der Waals surface area contributed by atoms with Crippen LogP contribution < -0.4 is 4.90 Å². The van der Waals surface area contributed by atoms with E-state index in [1.807, 2.05) is 4.90 Å². The van der Waals surface area contributed by atoms with Gasteiger partial charge in [-0.1, -0.05) is 11.6 Å². The highest BCUT2D eigenvalue weighted by molar-refractivity contribution is 5.72. The van der Waals surface area contributed by atoms with Crippen LogP contribution in [0.2, 0.25) is 0 Å². The number of nitrogens with zero attached hydrogens (tertiary/aromatic N) is 4. The molecule has 1 aliphatic heterocycles. The number of carboxylic acid groups (broad SMARTS) is 1. The Balaban J connectivity index is 1.82. The number of piperidine rings is 1. The van der Waals surface area contributed by atoms with Crippen LogP contribution >= 0.6 is 0 Å². The minimum Gasteiger partial charge on any atom is -0.481 e. The summed E-state index contributed by atoms with van der Waals surface area (Å²) >= 11 is 0. The molecule has 1 saturated heterocycles. The lowest BCUT2D eigenvalue weighted by Gasteiger charge is -2.35. The van der Waals surface area contributed by atoms with Crippen LogP contribution in [0.3, 0.4) is 0 Å². The lowest BCUT2D eigenvalue weighted by atomic mass is 9.82. The van der Waals surface area contributed by atoms with Crippen LogP contribution in [0.25, 0.3) is 4.85 Å². The van der Waals surface area contributed by atoms with Crippen LogP contribution in [-0.2, 0) is 4.79 Å². The van der Waals surface area contributed by atoms with Crippen LogP contribution in [0.15, 0.2) is 12.3 Å². The van der Waals surface area contributed by atoms with Crippen molar-refractivity contribution in [1.29, 1.82) is 0 Å². The largest absolute Gasteiger partial charge is 0.481 e. The van der Waals surface area contributed by atoms with Crippen molar-refractivity contribution in [2.75, 3.05) is 18.0 Å². The molecule has 2 fully saturated rings. The Hall–Kier alpha value is -2.16. The summed E-state index contributed by atoms with van der Waals surface area (Å²) in [5, 5.41) is 9.26. The number of rotatable bonds is 2. The molecule has 6 heteroatoms. The Labute approximate surface area is 110 Å². The number of aliphatic carboxylic acids is 1. The van der Waals surface area contributed by atoms with Gasteiger partial charge < -0.3 is 14.9 Å². The normalized spacial score (nSPS) is 23.9. The van der Waals surface area contributed by atoms with E-state index in [4.69, 9.17) is 6.57 Å². The molecule has 1 atom stereocenters. The monoisotopic (exact) mass is 258 g/mol. The van der Waals surface area contributed by atoms with Crippen LogP contribution in [0.1, 0.15) is 19.3 Å². The first-order valence-electron chi connectivity index (χ1n) is 6.33. The average Bonchev–Trinajstić information content (AvgIpc) is 3.18. The molecule has 0 radical (unpaired) electrons. The molecule has 1 saturated carbocycles. The van der Waals surface area contributed by atoms with E-state index in [0.29, 0.717) is 31.3 Å². The minimum atomic E-state index is -0.687. The standard InChI is InChI=1S/C13H14N4O2/c1-14-10-2-6-15-12(16-10)17-7-3-9(11(18)19)13(8-17)4-5-13/h2,6,9H,3-5,7-8H2,(H,18,19). The lowest BCUT2D eigenvalue weighted by Crippen LogP contribution is -2.45. The van der Waals surface area contributed by atoms with Gasteiger partial charge in [0, 0.05) is 24.7 Å². The third-order valence-corrected chi connectivity index (χ3v) is 4.15. The molecule has 1 unspecified atom stereocenters. The molecule has 6 nitrogen and oxygen atoms in total. The van der Waals surface area contributed by atoms with Crippen LogP contribution in [0.4, 0.5) is 11.8 Å². The van der Waals surface area contributed by atoms with Crippen molar-refractivity contribution < 1.29 is 9.90 Å². The van der Waals surface area contributed by atoms with Gasteiger partial charge in [0.05, 0.1) is 5.92 Å². The van der Waals surface area contributed by atoms with Crippen LogP contribution in [0, 0.1) is 17.9 Å². The minimum absolute atomic E-state index is 0.0957. The number of anilines is 1. The summed E-state index contributed by atoms with van der Waals surface area (Å²) in [7, 11) is 0. The van der Waals surface area contributed by atoms with E-state index in [9.17, 15) is 9.90 Å². The van der Waals surface area contributed by atoms with Gasteiger partial charge in [-0.3, -0.25) is 4.79 Å². The summed E-state index contributed by atoms with van der Waals surface area (Å²) in [5.74, 6) is -0.0559. The summed E-state index contributed by atoms with van der Waals surface area (Å²) in [4.78, 5) is 25.0. The van der Waals surface area contributed by atoms with Gasteiger partial charge in [-0.05, 0) is 25.3 Å². The fourth-order valence-electron chi connectivity index (χ4n) is 2.94. The predicted octanol–water partition coefficient (Wildman–Crippen LogP) is 1.72. The number of aromatic nitrogens is 2. The molecule has 1 aliphatic carbocycles. The second kappa shape index (κ2) is 4.19. The topological polar surface area (TPSA) is 70.7 Å².